The number of benzene rings is 2. The van der Waals surface area contributed by atoms with E-state index < -0.39 is 0 Å². The Morgan fingerprint density at radius 3 is 2.75 bits per heavy atom. The number of thiazole rings is 1. The Bertz CT molecular complexity index is 883. The van der Waals surface area contributed by atoms with E-state index in [1.165, 1.54) is 42.7 Å². The second-order valence-electron chi connectivity index (χ2n) is 4.74. The lowest BCUT2D eigenvalue weighted by Crippen LogP contribution is -2.19. The van der Waals surface area contributed by atoms with Crippen molar-refractivity contribution in [1.29, 1.82) is 0 Å². The van der Waals surface area contributed by atoms with Crippen LogP contribution in [0.3, 0.4) is 0 Å². The summed E-state index contributed by atoms with van der Waals surface area (Å²) in [4.78, 5) is 16.3. The van der Waals surface area contributed by atoms with E-state index in [1.54, 1.807) is 12.1 Å². The Balaban J connectivity index is 1.69. The quantitative estimate of drug-likeness (QED) is 0.738. The molecule has 24 heavy (non-hydrogen) atoms. The molecule has 0 aliphatic carbocycles. The molecule has 0 aliphatic rings. The minimum absolute atomic E-state index is 0.216. The summed E-state index contributed by atoms with van der Waals surface area (Å²) in [5.41, 5.74) is 0.588. The molecular weight excluding hydrogens is 355 g/mol. The first-order valence-corrected chi connectivity index (χ1v) is 8.07. The number of methoxy groups -OCH3 is 1. The van der Waals surface area contributed by atoms with Crippen molar-refractivity contribution in [3.8, 4) is 11.5 Å². The van der Waals surface area contributed by atoms with Gasteiger partial charge >= 0.3 is 0 Å². The van der Waals surface area contributed by atoms with E-state index in [0.29, 0.717) is 27.2 Å². The predicted octanol–water partition coefficient (Wildman–Crippen LogP) is 4.11. The van der Waals surface area contributed by atoms with Crippen LogP contribution in [0.1, 0.15) is 0 Å². The van der Waals surface area contributed by atoms with Crippen LogP contribution in [0, 0.1) is 5.82 Å². The number of halogens is 2. The zero-order chi connectivity index (χ0) is 17.1. The lowest BCUT2D eigenvalue weighted by Gasteiger charge is -2.05. The van der Waals surface area contributed by atoms with Crippen molar-refractivity contribution in [2.24, 2.45) is 0 Å². The number of hydrogen-bond acceptors (Lipinski definition) is 5. The van der Waals surface area contributed by atoms with Gasteiger partial charge in [-0.15, -0.1) is 0 Å². The van der Waals surface area contributed by atoms with Gasteiger partial charge in [0.2, 0.25) is 0 Å². The largest absolute Gasteiger partial charge is 0.494 e. The van der Waals surface area contributed by atoms with Crippen LogP contribution in [0.25, 0.3) is 10.2 Å². The standard InChI is InChI=1S/C16H12ClFN2O3S/c1-22-12-7-6-11(17)15-14(12)20-16(24-15)19-13(21)8-23-10-4-2-9(18)3-5-10/h2-7H,8H2,1H3,(H,19,20,21). The molecule has 8 heteroatoms. The number of fused-ring (bicyclic) bond motifs is 1. The monoisotopic (exact) mass is 366 g/mol. The molecule has 0 saturated heterocycles. The Kier molecular flexibility index (Phi) is 4.82. The van der Waals surface area contributed by atoms with E-state index >= 15 is 0 Å². The summed E-state index contributed by atoms with van der Waals surface area (Å²) < 4.78 is 24.1. The number of nitrogens with zero attached hydrogens (tertiary/aromatic N) is 1. The van der Waals surface area contributed by atoms with Crippen molar-refractivity contribution < 1.29 is 18.7 Å². The molecular formula is C16H12ClFN2O3S. The molecule has 5 nitrogen and oxygen atoms in total. The second kappa shape index (κ2) is 7.02. The normalized spacial score (nSPS) is 10.6. The topological polar surface area (TPSA) is 60.5 Å². The lowest BCUT2D eigenvalue weighted by molar-refractivity contribution is -0.118. The maximum Gasteiger partial charge on any atom is 0.264 e. The van der Waals surface area contributed by atoms with Crippen molar-refractivity contribution >= 4 is 44.2 Å². The third-order valence-electron chi connectivity index (χ3n) is 3.11. The number of aromatic nitrogens is 1. The van der Waals surface area contributed by atoms with Crippen LogP contribution in [0.4, 0.5) is 9.52 Å². The Labute approximate surface area is 146 Å². The van der Waals surface area contributed by atoms with E-state index in [1.807, 2.05) is 0 Å². The second-order valence-corrected chi connectivity index (χ2v) is 6.14. The van der Waals surface area contributed by atoms with Gasteiger partial charge in [0.1, 0.15) is 22.8 Å². The highest BCUT2D eigenvalue weighted by atomic mass is 35.5. The summed E-state index contributed by atoms with van der Waals surface area (Å²) in [5.74, 6) is 0.231. The molecule has 0 aliphatic heterocycles. The number of carbonyl (C=O) groups is 1. The maximum absolute atomic E-state index is 12.8. The first-order chi connectivity index (χ1) is 11.6. The number of hydrogen-bond donors (Lipinski definition) is 1. The van der Waals surface area contributed by atoms with Gasteiger partial charge in [0.25, 0.3) is 5.91 Å². The number of anilines is 1. The first kappa shape index (κ1) is 16.5. The molecule has 1 aromatic heterocycles. The zero-order valence-corrected chi connectivity index (χ0v) is 14.1. The van der Waals surface area contributed by atoms with Gasteiger partial charge in [-0.1, -0.05) is 22.9 Å². The molecule has 0 atom stereocenters. The number of amides is 1. The molecule has 0 fully saturated rings. The number of rotatable bonds is 5. The Morgan fingerprint density at radius 2 is 2.04 bits per heavy atom. The van der Waals surface area contributed by atoms with Crippen LogP contribution < -0.4 is 14.8 Å². The molecule has 1 N–H and O–H groups in total. The van der Waals surface area contributed by atoms with Gasteiger partial charge in [-0.25, -0.2) is 9.37 Å². The van der Waals surface area contributed by atoms with Crippen LogP contribution in [0.2, 0.25) is 5.02 Å². The molecule has 3 rings (SSSR count). The van der Waals surface area contributed by atoms with Gasteiger partial charge < -0.3 is 9.47 Å². The zero-order valence-electron chi connectivity index (χ0n) is 12.5. The van der Waals surface area contributed by atoms with E-state index in [-0.39, 0.29) is 18.3 Å². The third kappa shape index (κ3) is 3.58. The van der Waals surface area contributed by atoms with Crippen LogP contribution >= 0.6 is 22.9 Å². The minimum Gasteiger partial charge on any atom is -0.494 e. The molecule has 0 unspecified atom stereocenters. The van der Waals surface area contributed by atoms with Crippen LogP contribution in [0.5, 0.6) is 11.5 Å². The van der Waals surface area contributed by atoms with Gasteiger partial charge in [0.05, 0.1) is 16.8 Å². The molecule has 3 aromatic rings. The predicted molar refractivity (Wildman–Crippen MR) is 91.7 cm³/mol. The fraction of sp³-hybridized carbons (Fsp3) is 0.125. The number of ether oxygens (including phenoxy) is 2. The summed E-state index contributed by atoms with van der Waals surface area (Å²) in [5, 5.41) is 3.57. The Morgan fingerprint density at radius 1 is 1.29 bits per heavy atom. The summed E-state index contributed by atoms with van der Waals surface area (Å²) >= 11 is 7.38. The van der Waals surface area contributed by atoms with Crippen LogP contribution in [0.15, 0.2) is 36.4 Å². The summed E-state index contributed by atoms with van der Waals surface area (Å²) in [7, 11) is 1.54. The van der Waals surface area contributed by atoms with Crippen molar-refractivity contribution in [2.75, 3.05) is 19.0 Å². The molecule has 2 aromatic carbocycles. The molecule has 0 saturated carbocycles. The van der Waals surface area contributed by atoms with Crippen molar-refractivity contribution in [1.82, 2.24) is 4.98 Å². The smallest absolute Gasteiger partial charge is 0.264 e. The average Bonchev–Trinajstić information content (AvgIpc) is 2.99. The summed E-state index contributed by atoms with van der Waals surface area (Å²) in [6.45, 7) is -0.216. The van der Waals surface area contributed by atoms with Gasteiger partial charge in [0, 0.05) is 0 Å². The van der Waals surface area contributed by atoms with Gasteiger partial charge in [0.15, 0.2) is 11.7 Å². The van der Waals surface area contributed by atoms with E-state index in [2.05, 4.69) is 10.3 Å². The minimum atomic E-state index is -0.381. The van der Waals surface area contributed by atoms with Gasteiger partial charge in [-0.3, -0.25) is 10.1 Å². The van der Waals surface area contributed by atoms with Gasteiger partial charge in [-0.05, 0) is 36.4 Å². The fourth-order valence-electron chi connectivity index (χ4n) is 2.01. The van der Waals surface area contributed by atoms with Crippen molar-refractivity contribution in [3.05, 3.63) is 47.2 Å². The maximum atomic E-state index is 12.8. The lowest BCUT2D eigenvalue weighted by atomic mass is 10.3. The highest BCUT2D eigenvalue weighted by Crippen LogP contribution is 2.37. The number of nitrogens with one attached hydrogen (secondary N) is 1. The molecule has 124 valence electrons. The first-order valence-electron chi connectivity index (χ1n) is 6.88. The molecule has 0 bridgehead atoms. The van der Waals surface area contributed by atoms with Crippen molar-refractivity contribution in [3.63, 3.8) is 0 Å². The molecule has 0 radical (unpaired) electrons. The molecule has 0 spiro atoms. The molecule has 1 amide bonds. The summed E-state index contributed by atoms with van der Waals surface area (Å²) in [6, 6.07) is 8.85. The third-order valence-corrected chi connectivity index (χ3v) is 4.54. The molecule has 1 heterocycles. The highest BCUT2D eigenvalue weighted by molar-refractivity contribution is 7.23. The van der Waals surface area contributed by atoms with Crippen LogP contribution in [-0.2, 0) is 4.79 Å². The SMILES string of the molecule is COc1ccc(Cl)c2sc(NC(=O)COc3ccc(F)cc3)nc12. The van der Waals surface area contributed by atoms with Crippen LogP contribution in [-0.4, -0.2) is 24.6 Å². The van der Waals surface area contributed by atoms with E-state index in [4.69, 9.17) is 21.1 Å². The van der Waals surface area contributed by atoms with E-state index in [9.17, 15) is 9.18 Å². The fourth-order valence-corrected chi connectivity index (χ4v) is 3.18. The van der Waals surface area contributed by atoms with Gasteiger partial charge in [-0.2, -0.15) is 0 Å². The highest BCUT2D eigenvalue weighted by Gasteiger charge is 2.14. The van der Waals surface area contributed by atoms with Crippen molar-refractivity contribution in [2.45, 2.75) is 0 Å². The number of carbonyl (C=O) groups excluding carboxylic acids is 1. The van der Waals surface area contributed by atoms with E-state index in [0.717, 1.165) is 4.70 Å². The average molecular weight is 367 g/mol. The summed E-state index contributed by atoms with van der Waals surface area (Å²) in [6.07, 6.45) is 0. The Hall–Kier alpha value is -2.38.